The Balaban J connectivity index is 1.17. The van der Waals surface area contributed by atoms with Crippen molar-refractivity contribution in [3.05, 3.63) is 192 Å². The molecular weight excluding hydrogens is 590 g/mol. The highest BCUT2D eigenvalue weighted by molar-refractivity contribution is 5.81. The first-order chi connectivity index (χ1) is 23.5. The van der Waals surface area contributed by atoms with Crippen molar-refractivity contribution >= 4 is 34.1 Å². The van der Waals surface area contributed by atoms with Crippen LogP contribution in [0.3, 0.4) is 0 Å². The highest BCUT2D eigenvalue weighted by Crippen LogP contribution is 2.38. The summed E-state index contributed by atoms with van der Waals surface area (Å²) >= 11 is 0. The third-order valence-corrected chi connectivity index (χ3v) is 8.63. The minimum Gasteiger partial charge on any atom is -0.345 e. The Morgan fingerprint density at radius 1 is 0.375 bits per heavy atom. The highest BCUT2D eigenvalue weighted by atomic mass is 16.6. The monoisotopic (exact) mass is 623 g/mol. The molecule has 0 saturated carbocycles. The van der Waals surface area contributed by atoms with Crippen LogP contribution in [0.1, 0.15) is 0 Å². The molecular formula is C43H33N3O2. The van der Waals surface area contributed by atoms with E-state index < -0.39 is 0 Å². The maximum atomic E-state index is 11.0. The second-order valence-electron chi connectivity index (χ2n) is 11.6. The van der Waals surface area contributed by atoms with Crippen LogP contribution in [0, 0.1) is 10.1 Å². The molecule has 0 N–H and O–H groups in total. The molecule has 0 saturated heterocycles. The standard InChI is InChI=1S/C43H33N3O2/c1-44(39-28-30-43(31-29-39)46(47)48)38-20-12-36(13-21-38)37-18-26-42(27-19-37)45(40-22-14-34(15-23-40)32-8-4-2-5-9-32)41-24-16-35(17-25-41)33-10-6-3-7-11-33/h2-31H,1H3. The smallest absolute Gasteiger partial charge is 0.269 e. The lowest BCUT2D eigenvalue weighted by Gasteiger charge is -2.26. The molecule has 0 aliphatic carbocycles. The van der Waals surface area contributed by atoms with Crippen molar-refractivity contribution in [2.75, 3.05) is 16.8 Å². The third kappa shape index (κ3) is 6.43. The molecule has 7 aromatic rings. The fourth-order valence-corrected chi connectivity index (χ4v) is 5.94. The van der Waals surface area contributed by atoms with E-state index in [1.165, 1.54) is 34.4 Å². The van der Waals surface area contributed by atoms with Crippen molar-refractivity contribution < 1.29 is 4.92 Å². The van der Waals surface area contributed by atoms with E-state index in [0.717, 1.165) is 39.6 Å². The van der Waals surface area contributed by atoms with Crippen LogP contribution in [0.5, 0.6) is 0 Å². The molecule has 232 valence electrons. The first-order valence-electron chi connectivity index (χ1n) is 15.8. The number of nitro benzene ring substituents is 1. The van der Waals surface area contributed by atoms with Gasteiger partial charge in [-0.3, -0.25) is 10.1 Å². The summed E-state index contributed by atoms with van der Waals surface area (Å²) in [6.45, 7) is 0. The van der Waals surface area contributed by atoms with Gasteiger partial charge < -0.3 is 9.80 Å². The van der Waals surface area contributed by atoms with Crippen LogP contribution in [-0.2, 0) is 0 Å². The quantitative estimate of drug-likeness (QED) is 0.119. The topological polar surface area (TPSA) is 49.6 Å². The van der Waals surface area contributed by atoms with E-state index in [2.05, 4.69) is 150 Å². The van der Waals surface area contributed by atoms with E-state index in [1.807, 2.05) is 24.1 Å². The lowest BCUT2D eigenvalue weighted by molar-refractivity contribution is -0.384. The van der Waals surface area contributed by atoms with Gasteiger partial charge in [0.2, 0.25) is 0 Å². The SMILES string of the molecule is CN(c1ccc(-c2ccc(N(c3ccc(-c4ccccc4)cc3)c3ccc(-c4ccccc4)cc3)cc2)cc1)c1ccc([N+](=O)[O-])cc1. The van der Waals surface area contributed by atoms with Crippen LogP contribution in [0.25, 0.3) is 33.4 Å². The van der Waals surface area contributed by atoms with E-state index in [9.17, 15) is 10.1 Å². The molecule has 5 heteroatoms. The lowest BCUT2D eigenvalue weighted by atomic mass is 10.0. The van der Waals surface area contributed by atoms with Crippen LogP contribution >= 0.6 is 0 Å². The van der Waals surface area contributed by atoms with Crippen LogP contribution in [0.15, 0.2) is 182 Å². The highest BCUT2D eigenvalue weighted by Gasteiger charge is 2.14. The molecule has 0 amide bonds. The van der Waals surface area contributed by atoms with Gasteiger partial charge in [-0.25, -0.2) is 0 Å². The number of hydrogen-bond donors (Lipinski definition) is 0. The van der Waals surface area contributed by atoms with Gasteiger partial charge in [-0.2, -0.15) is 0 Å². The molecule has 0 unspecified atom stereocenters. The maximum absolute atomic E-state index is 11.0. The molecule has 0 spiro atoms. The summed E-state index contributed by atoms with van der Waals surface area (Å²) in [5, 5.41) is 11.0. The predicted molar refractivity (Wildman–Crippen MR) is 199 cm³/mol. The van der Waals surface area contributed by atoms with Crippen molar-refractivity contribution in [3.63, 3.8) is 0 Å². The van der Waals surface area contributed by atoms with E-state index in [4.69, 9.17) is 0 Å². The van der Waals surface area contributed by atoms with Gasteiger partial charge in [-0.15, -0.1) is 0 Å². The number of anilines is 5. The van der Waals surface area contributed by atoms with Crippen LogP contribution in [-0.4, -0.2) is 12.0 Å². The fourth-order valence-electron chi connectivity index (χ4n) is 5.94. The normalized spacial score (nSPS) is 10.8. The van der Waals surface area contributed by atoms with Crippen molar-refractivity contribution in [2.45, 2.75) is 0 Å². The summed E-state index contributed by atoms with van der Waals surface area (Å²) < 4.78 is 0. The average molecular weight is 624 g/mol. The minimum absolute atomic E-state index is 0.0814. The van der Waals surface area contributed by atoms with E-state index in [1.54, 1.807) is 12.1 Å². The predicted octanol–water partition coefficient (Wildman–Crippen LogP) is 11.8. The van der Waals surface area contributed by atoms with Crippen molar-refractivity contribution in [2.24, 2.45) is 0 Å². The summed E-state index contributed by atoms with van der Waals surface area (Å²) in [5.74, 6) is 0. The first-order valence-corrected chi connectivity index (χ1v) is 15.8. The zero-order valence-corrected chi connectivity index (χ0v) is 26.5. The molecule has 0 fully saturated rings. The zero-order valence-electron chi connectivity index (χ0n) is 26.5. The molecule has 0 aliphatic rings. The molecule has 7 rings (SSSR count). The Bertz CT molecular complexity index is 2030. The molecule has 7 aromatic carbocycles. The molecule has 0 aliphatic heterocycles. The number of nitrogens with zero attached hydrogens (tertiary/aromatic N) is 3. The number of nitro groups is 1. The summed E-state index contributed by atoms with van der Waals surface area (Å²) in [5.41, 5.74) is 12.1. The summed E-state index contributed by atoms with van der Waals surface area (Å²) in [7, 11) is 1.96. The van der Waals surface area contributed by atoms with Gasteiger partial charge in [0.05, 0.1) is 4.92 Å². The Hall–Kier alpha value is -6.46. The third-order valence-electron chi connectivity index (χ3n) is 8.63. The molecule has 0 bridgehead atoms. The number of non-ortho nitro benzene ring substituents is 1. The van der Waals surface area contributed by atoms with Gasteiger partial charge in [-0.05, 0) is 94.0 Å². The van der Waals surface area contributed by atoms with Gasteiger partial charge in [0.15, 0.2) is 0 Å². The number of hydrogen-bond acceptors (Lipinski definition) is 4. The Morgan fingerprint density at radius 3 is 0.958 bits per heavy atom. The average Bonchev–Trinajstić information content (AvgIpc) is 3.16. The molecule has 5 nitrogen and oxygen atoms in total. The number of rotatable bonds is 9. The van der Waals surface area contributed by atoms with Crippen LogP contribution < -0.4 is 9.80 Å². The first kappa shape index (κ1) is 30.2. The van der Waals surface area contributed by atoms with Gasteiger partial charge in [-0.1, -0.05) is 109 Å². The Labute approximate surface area is 280 Å². The summed E-state index contributed by atoms with van der Waals surface area (Å²) in [4.78, 5) is 15.0. The van der Waals surface area contributed by atoms with Crippen molar-refractivity contribution in [1.82, 2.24) is 0 Å². The Kier molecular flexibility index (Phi) is 8.49. The van der Waals surface area contributed by atoms with Gasteiger partial charge in [0.1, 0.15) is 0 Å². The zero-order chi connectivity index (χ0) is 32.9. The van der Waals surface area contributed by atoms with Crippen molar-refractivity contribution in [1.29, 1.82) is 0 Å². The van der Waals surface area contributed by atoms with E-state index >= 15 is 0 Å². The molecule has 0 radical (unpaired) electrons. The lowest BCUT2D eigenvalue weighted by Crippen LogP contribution is -2.10. The Morgan fingerprint density at radius 2 is 0.646 bits per heavy atom. The van der Waals surface area contributed by atoms with Gasteiger partial charge in [0, 0.05) is 47.6 Å². The van der Waals surface area contributed by atoms with E-state index in [-0.39, 0.29) is 10.6 Å². The fraction of sp³-hybridized carbons (Fsp3) is 0.0233. The molecule has 48 heavy (non-hydrogen) atoms. The van der Waals surface area contributed by atoms with E-state index in [0.29, 0.717) is 0 Å². The largest absolute Gasteiger partial charge is 0.345 e. The molecule has 0 heterocycles. The van der Waals surface area contributed by atoms with Crippen molar-refractivity contribution in [3.8, 4) is 33.4 Å². The van der Waals surface area contributed by atoms with Crippen LogP contribution in [0.4, 0.5) is 34.1 Å². The van der Waals surface area contributed by atoms with Gasteiger partial charge >= 0.3 is 0 Å². The second-order valence-corrected chi connectivity index (χ2v) is 11.6. The van der Waals surface area contributed by atoms with Crippen LogP contribution in [0.2, 0.25) is 0 Å². The summed E-state index contributed by atoms with van der Waals surface area (Å²) in [6, 6.07) is 61.9. The molecule has 0 atom stereocenters. The number of benzene rings is 7. The summed E-state index contributed by atoms with van der Waals surface area (Å²) in [6.07, 6.45) is 0. The minimum atomic E-state index is -0.383. The maximum Gasteiger partial charge on any atom is 0.269 e. The molecule has 0 aromatic heterocycles. The second kappa shape index (κ2) is 13.5. The van der Waals surface area contributed by atoms with Gasteiger partial charge in [0.25, 0.3) is 5.69 Å².